The van der Waals surface area contributed by atoms with Crippen molar-refractivity contribution in [1.29, 1.82) is 0 Å². The van der Waals surface area contributed by atoms with E-state index in [0.29, 0.717) is 0 Å². The Morgan fingerprint density at radius 1 is 0.815 bits per heavy atom. The second kappa shape index (κ2) is 18.0. The molecule has 1 nitrogen and oxygen atoms in total. The maximum absolute atomic E-state index is 4.76. The van der Waals surface area contributed by atoms with Gasteiger partial charge in [0.25, 0.3) is 0 Å². The quantitative estimate of drug-likeness (QED) is 0.291. The predicted octanol–water partition coefficient (Wildman–Crippen LogP) is 9.15. The molecule has 150 valence electrons. The third-order valence-electron chi connectivity index (χ3n) is 5.09. The molecule has 2 fully saturated rings. The van der Waals surface area contributed by atoms with Gasteiger partial charge in [0.05, 0.1) is 0 Å². The molecule has 0 bridgehead atoms. The van der Waals surface area contributed by atoms with Crippen LogP contribution in [0.2, 0.25) is 0 Å². The number of rotatable bonds is 7. The summed E-state index contributed by atoms with van der Waals surface area (Å²) in [7, 11) is 0. The molecule has 0 amide bonds. The molecule has 2 aliphatic carbocycles. The number of para-hydroxylation sites is 1. The van der Waals surface area contributed by atoms with Gasteiger partial charge in [0, 0.05) is 0 Å². The van der Waals surface area contributed by atoms with Crippen LogP contribution in [0.5, 0.6) is 0 Å². The third-order valence-corrected chi connectivity index (χ3v) is 5.09. The average Bonchev–Trinajstić information content (AvgIpc) is 3.38. The van der Waals surface area contributed by atoms with E-state index in [9.17, 15) is 0 Å². The largest absolute Gasteiger partial charge is 4.00 e. The molecule has 1 aromatic rings. The fourth-order valence-corrected chi connectivity index (χ4v) is 3.47. The minimum Gasteiger partial charge on any atom is -0.681 e. The Bertz CT molecular complexity index is 382. The van der Waals surface area contributed by atoms with E-state index in [-0.39, 0.29) is 31.7 Å². The molecule has 2 aliphatic rings. The molecule has 0 heterocycles. The second-order valence-electron chi connectivity index (χ2n) is 8.43. The monoisotopic (exact) mass is 447 g/mol. The molecule has 1 aromatic carbocycles. The first-order chi connectivity index (χ1) is 12.6. The minimum atomic E-state index is 0. The number of nitrogens with zero attached hydrogens (tertiary/aromatic N) is 1. The van der Waals surface area contributed by atoms with Crippen molar-refractivity contribution in [3.05, 3.63) is 42.1 Å². The van der Waals surface area contributed by atoms with Crippen molar-refractivity contribution in [3.63, 3.8) is 0 Å². The Balaban J connectivity index is 0.000000496. The molecule has 0 N–H and O–H groups in total. The molecule has 27 heavy (non-hydrogen) atoms. The van der Waals surface area contributed by atoms with Gasteiger partial charge >= 0.3 is 26.2 Å². The molecular weight excluding hydrogens is 406 g/mol. The molecule has 0 radical (unpaired) electrons. The van der Waals surface area contributed by atoms with Crippen LogP contribution in [0.1, 0.15) is 111 Å². The van der Waals surface area contributed by atoms with Crippen LogP contribution < -0.4 is 0 Å². The van der Waals surface area contributed by atoms with E-state index in [1.165, 1.54) is 83.5 Å². The Kier molecular flexibility index (Phi) is 17.9. The van der Waals surface area contributed by atoms with Gasteiger partial charge in [-0.05, 0) is 0 Å². The molecule has 2 heteroatoms. The van der Waals surface area contributed by atoms with Crippen molar-refractivity contribution < 1.29 is 26.2 Å². The molecule has 0 unspecified atom stereocenters. The van der Waals surface area contributed by atoms with Gasteiger partial charge in [-0.25, -0.2) is 0 Å². The molecule has 0 aliphatic heterocycles. The SMILES string of the molecule is C1CCCC1.C1CCCC1.CCCC[CH-]CC(C)(C)[N-]c1ccccc1.[Zr+4]. The first-order valence-electron chi connectivity index (χ1n) is 11.2. The second-order valence-corrected chi connectivity index (χ2v) is 8.43. The Labute approximate surface area is 189 Å². The van der Waals surface area contributed by atoms with E-state index in [0.717, 1.165) is 12.1 Å². The normalized spacial score (nSPS) is 15.7. The van der Waals surface area contributed by atoms with Crippen molar-refractivity contribution >= 4 is 5.69 Å². The van der Waals surface area contributed by atoms with Crippen LogP contribution in [-0.2, 0) is 26.2 Å². The van der Waals surface area contributed by atoms with Crippen molar-refractivity contribution in [3.8, 4) is 0 Å². The number of benzene rings is 1. The van der Waals surface area contributed by atoms with E-state index in [2.05, 4.69) is 39.3 Å². The summed E-state index contributed by atoms with van der Waals surface area (Å²) in [6.45, 7) is 6.62. The molecule has 2 saturated carbocycles. The smallest absolute Gasteiger partial charge is 0.681 e. The van der Waals surface area contributed by atoms with E-state index < -0.39 is 0 Å². The van der Waals surface area contributed by atoms with Crippen molar-refractivity contribution in [2.45, 2.75) is 116 Å². The molecule has 0 spiro atoms. The third kappa shape index (κ3) is 16.6. The topological polar surface area (TPSA) is 14.1 Å². The number of hydrogen-bond acceptors (Lipinski definition) is 0. The standard InChI is InChI=1S/C15H23N.2C5H10.Zr/c1-4-5-6-10-13-15(2,3)16-14-11-8-7-9-12-14;2*1-2-4-5-3-1;/h7-12H,4-6,13H2,1-3H3;2*1-5H2;/q-2;;;+4. The fraction of sp³-hybridized carbons (Fsp3) is 0.720. The predicted molar refractivity (Wildman–Crippen MR) is 118 cm³/mol. The van der Waals surface area contributed by atoms with Crippen molar-refractivity contribution in [2.75, 3.05) is 0 Å². The Morgan fingerprint density at radius 3 is 1.67 bits per heavy atom. The molecule has 3 rings (SSSR count). The van der Waals surface area contributed by atoms with Gasteiger partial charge in [0.15, 0.2) is 0 Å². The van der Waals surface area contributed by atoms with Crippen LogP contribution in [0.4, 0.5) is 5.69 Å². The zero-order valence-corrected chi connectivity index (χ0v) is 20.8. The maximum Gasteiger partial charge on any atom is 4.00 e. The van der Waals surface area contributed by atoms with Gasteiger partial charge in [-0.15, -0.1) is 11.2 Å². The molecule has 0 atom stereocenters. The van der Waals surface area contributed by atoms with Crippen LogP contribution in [0.15, 0.2) is 30.3 Å². The van der Waals surface area contributed by atoms with Gasteiger partial charge < -0.3 is 11.7 Å². The van der Waals surface area contributed by atoms with Crippen LogP contribution in [0.3, 0.4) is 0 Å². The van der Waals surface area contributed by atoms with E-state index in [1.807, 2.05) is 18.2 Å². The summed E-state index contributed by atoms with van der Waals surface area (Å²) in [5.41, 5.74) is 1.10. The van der Waals surface area contributed by atoms with Gasteiger partial charge in [0.1, 0.15) is 0 Å². The average molecular weight is 449 g/mol. The zero-order valence-electron chi connectivity index (χ0n) is 18.3. The molecule has 0 saturated heterocycles. The fourth-order valence-electron chi connectivity index (χ4n) is 3.47. The van der Waals surface area contributed by atoms with E-state index in [1.54, 1.807) is 0 Å². The van der Waals surface area contributed by atoms with Gasteiger partial charge in [-0.1, -0.05) is 128 Å². The van der Waals surface area contributed by atoms with Crippen molar-refractivity contribution in [1.82, 2.24) is 0 Å². The molecule has 0 aromatic heterocycles. The summed E-state index contributed by atoms with van der Waals surface area (Å²) in [6, 6.07) is 10.2. The zero-order chi connectivity index (χ0) is 18.9. The summed E-state index contributed by atoms with van der Waals surface area (Å²) in [4.78, 5) is 0. The first-order valence-corrected chi connectivity index (χ1v) is 11.2. The number of unbranched alkanes of at least 4 members (excludes halogenated alkanes) is 3. The summed E-state index contributed by atoms with van der Waals surface area (Å²) in [5.74, 6) is 0. The van der Waals surface area contributed by atoms with Crippen LogP contribution >= 0.6 is 0 Å². The van der Waals surface area contributed by atoms with Crippen LogP contribution in [0.25, 0.3) is 5.32 Å². The Hall–Kier alpha value is -0.0969. The van der Waals surface area contributed by atoms with Gasteiger partial charge in [0.2, 0.25) is 0 Å². The first kappa shape index (κ1) is 26.9. The van der Waals surface area contributed by atoms with Crippen LogP contribution in [0, 0.1) is 6.42 Å². The Morgan fingerprint density at radius 2 is 1.26 bits per heavy atom. The van der Waals surface area contributed by atoms with E-state index in [4.69, 9.17) is 5.32 Å². The summed E-state index contributed by atoms with van der Waals surface area (Å²) >= 11 is 0. The van der Waals surface area contributed by atoms with Crippen LogP contribution in [-0.4, -0.2) is 5.54 Å². The minimum absolute atomic E-state index is 0. The van der Waals surface area contributed by atoms with E-state index >= 15 is 0 Å². The maximum atomic E-state index is 4.76. The number of hydrogen-bond donors (Lipinski definition) is 0. The summed E-state index contributed by atoms with van der Waals surface area (Å²) < 4.78 is 0. The molecular formula is C25H43NZr+2. The summed E-state index contributed by atoms with van der Waals surface area (Å²) in [6.07, 6.45) is 22.2. The summed E-state index contributed by atoms with van der Waals surface area (Å²) in [5, 5.41) is 4.76. The van der Waals surface area contributed by atoms with Crippen molar-refractivity contribution in [2.24, 2.45) is 0 Å². The van der Waals surface area contributed by atoms with Gasteiger partial charge in [-0.2, -0.15) is 12.8 Å². The van der Waals surface area contributed by atoms with Gasteiger partial charge in [-0.3, -0.25) is 0 Å².